The number of aromatic amines is 4. The Balaban J connectivity index is 0.000000144. The van der Waals surface area contributed by atoms with Crippen LogP contribution < -0.4 is 53.8 Å². The van der Waals surface area contributed by atoms with Gasteiger partial charge in [-0.2, -0.15) is 20.4 Å². The van der Waals surface area contributed by atoms with Crippen LogP contribution in [-0.4, -0.2) is 143 Å². The molecule has 6 heterocycles. The van der Waals surface area contributed by atoms with Crippen molar-refractivity contribution in [2.75, 3.05) is 63.4 Å². The molecule has 31 heteroatoms. The molecule has 14 aromatic rings. The second kappa shape index (κ2) is 38.0. The Bertz CT molecular complexity index is 6050. The number of hydrogen-bond acceptors (Lipinski definition) is 19. The monoisotopic (exact) mass is 1590 g/mol. The number of H-pyrrole nitrogens is 4. The Morgan fingerprint density at radius 1 is 0.427 bits per heavy atom. The quantitative estimate of drug-likeness (QED) is 0.0233. The summed E-state index contributed by atoms with van der Waals surface area (Å²) in [6, 6.07) is 35.5. The van der Waals surface area contributed by atoms with E-state index in [1.54, 1.807) is 171 Å². The van der Waals surface area contributed by atoms with Crippen LogP contribution in [0.15, 0.2) is 163 Å². The van der Waals surface area contributed by atoms with E-state index in [2.05, 4.69) is 66.7 Å². The number of aromatic nitrogens is 10. The minimum atomic E-state index is -1.09. The summed E-state index contributed by atoms with van der Waals surface area (Å²) in [7, 11) is 11.6. The van der Waals surface area contributed by atoms with E-state index in [1.807, 2.05) is 0 Å². The number of carboxylic acid groups (broad SMARTS) is 1. The maximum absolute atomic E-state index is 14.0. The maximum atomic E-state index is 14.0. The lowest BCUT2D eigenvalue weighted by molar-refractivity contribution is 0.0692. The third-order valence-electron chi connectivity index (χ3n) is 18.4. The zero-order chi connectivity index (χ0) is 82.7. The number of furan rings is 1. The fraction of sp³-hybridized carbons (Fsp3) is 0.163. The second-order valence-electron chi connectivity index (χ2n) is 25.7. The van der Waals surface area contributed by atoms with Gasteiger partial charge in [-0.3, -0.25) is 44.7 Å². The molecule has 1 saturated carbocycles. The van der Waals surface area contributed by atoms with Gasteiger partial charge in [0.1, 0.15) is 34.3 Å². The molecule has 6 aromatic heterocycles. The van der Waals surface area contributed by atoms with Crippen LogP contribution in [0.25, 0.3) is 92.2 Å². The van der Waals surface area contributed by atoms with E-state index in [0.717, 1.165) is 0 Å². The molecule has 0 radical (unpaired) electrons. The number of ether oxygens (including phenoxy) is 8. The molecular formula is C86H77F4N13O14. The molecule has 3 amide bonds. The number of amides is 3. The lowest BCUT2D eigenvalue weighted by atomic mass is 10.1. The number of nitrogens with zero attached hydrogens (tertiary/aromatic N) is 6. The molecule has 8 aromatic carbocycles. The van der Waals surface area contributed by atoms with Gasteiger partial charge in [0.25, 0.3) is 17.7 Å². The van der Waals surface area contributed by atoms with Crippen molar-refractivity contribution >= 4 is 116 Å². The van der Waals surface area contributed by atoms with E-state index < -0.39 is 29.2 Å². The minimum absolute atomic E-state index is 0.0431. The van der Waals surface area contributed by atoms with E-state index in [-0.39, 0.29) is 65.1 Å². The van der Waals surface area contributed by atoms with E-state index in [1.165, 1.54) is 106 Å². The van der Waals surface area contributed by atoms with Gasteiger partial charge in [-0.25, -0.2) is 22.4 Å². The Labute approximate surface area is 665 Å². The van der Waals surface area contributed by atoms with Crippen LogP contribution in [0.2, 0.25) is 0 Å². The number of aromatic carboxylic acids is 1. The molecule has 0 saturated heterocycles. The smallest absolute Gasteiger partial charge is 0.339 e. The first-order chi connectivity index (χ1) is 56.8. The topological polar surface area (TPSA) is 352 Å². The molecule has 598 valence electrons. The molecule has 27 nitrogen and oxygen atoms in total. The first-order valence-corrected chi connectivity index (χ1v) is 36.0. The molecule has 0 unspecified atom stereocenters. The number of carbonyl (C=O) groups excluding carboxylic acids is 3. The maximum Gasteiger partial charge on any atom is 0.339 e. The third kappa shape index (κ3) is 19.4. The van der Waals surface area contributed by atoms with Crippen LogP contribution >= 0.6 is 0 Å². The van der Waals surface area contributed by atoms with Gasteiger partial charge in [0.15, 0.2) is 46.3 Å². The Hall–Kier alpha value is -15.0. The fourth-order valence-corrected chi connectivity index (χ4v) is 12.3. The number of hydrogen-bond donors (Lipinski definition) is 8. The van der Waals surface area contributed by atoms with Gasteiger partial charge in [-0.1, -0.05) is 48.6 Å². The van der Waals surface area contributed by atoms with Crippen molar-refractivity contribution in [3.8, 4) is 46.0 Å². The van der Waals surface area contributed by atoms with Crippen molar-refractivity contribution in [3.05, 3.63) is 260 Å². The number of carbonyl (C=O) groups is 4. The lowest BCUT2D eigenvalue weighted by Crippen LogP contribution is -2.26. The summed E-state index contributed by atoms with van der Waals surface area (Å²) in [5.74, 6) is -0.280. The predicted molar refractivity (Wildman–Crippen MR) is 433 cm³/mol. The van der Waals surface area contributed by atoms with Crippen molar-refractivity contribution in [2.45, 2.75) is 25.9 Å². The molecule has 1 aliphatic carbocycles. The number of halogens is 4. The Morgan fingerprint density at radius 3 is 1.07 bits per heavy atom. The number of rotatable bonds is 26. The molecule has 15 rings (SSSR count). The molecule has 0 atom stereocenters. The van der Waals surface area contributed by atoms with E-state index in [9.17, 15) is 41.8 Å². The molecule has 1 fully saturated rings. The van der Waals surface area contributed by atoms with Crippen LogP contribution in [0.5, 0.6) is 46.0 Å². The number of fused-ring (bicyclic) bond motifs is 4. The summed E-state index contributed by atoms with van der Waals surface area (Å²) in [4.78, 5) is 57.7. The molecule has 8 N–H and O–H groups in total. The minimum Gasteiger partial charge on any atom is -0.495 e. The summed E-state index contributed by atoms with van der Waals surface area (Å²) in [5, 5.41) is 49.1. The van der Waals surface area contributed by atoms with Crippen LogP contribution in [-0.2, 0) is 13.1 Å². The largest absolute Gasteiger partial charge is 0.495 e. The van der Waals surface area contributed by atoms with Crippen molar-refractivity contribution in [1.82, 2.24) is 66.7 Å². The van der Waals surface area contributed by atoms with Gasteiger partial charge in [0.05, 0.1) is 171 Å². The van der Waals surface area contributed by atoms with Crippen molar-refractivity contribution in [2.24, 2.45) is 5.92 Å². The van der Waals surface area contributed by atoms with Gasteiger partial charge >= 0.3 is 5.97 Å². The number of methoxy groups -OCH3 is 8. The van der Waals surface area contributed by atoms with Crippen molar-refractivity contribution < 1.29 is 84.2 Å². The van der Waals surface area contributed by atoms with Crippen LogP contribution in [0.1, 0.15) is 111 Å². The van der Waals surface area contributed by atoms with Crippen LogP contribution in [0, 0.1) is 29.2 Å². The normalized spacial score (nSPS) is 11.8. The highest BCUT2D eigenvalue weighted by molar-refractivity contribution is 6.08. The van der Waals surface area contributed by atoms with Gasteiger partial charge < -0.3 is 63.4 Å². The van der Waals surface area contributed by atoms with Crippen molar-refractivity contribution in [1.29, 1.82) is 0 Å². The highest BCUT2D eigenvalue weighted by atomic mass is 19.1. The highest BCUT2D eigenvalue weighted by Crippen LogP contribution is 2.38. The van der Waals surface area contributed by atoms with Crippen LogP contribution in [0.4, 0.5) is 17.6 Å². The summed E-state index contributed by atoms with van der Waals surface area (Å²) < 4.78 is 103. The first kappa shape index (κ1) is 81.4. The fourth-order valence-electron chi connectivity index (χ4n) is 12.3. The SMILES string of the molecule is COc1ccc(/C=C/c2[nH]nc3ccc(C(=O)NCC4CC4)c(OC)c23)cc1F.COc1ccc(/C=C/c2[nH]nc3ccc(C(=O)NCc4ccco4)c(OC)c23)cc1F.COc1ccc(/C=C/c2[nH]nc3ccc(C(=O)NCc4cnccn4)c(OC)c23)cc1F.COc1ccc(/C=C/c2[nH]nc3ccc(C(=O)O)c(OC)c23)cc1F. The van der Waals surface area contributed by atoms with E-state index >= 15 is 0 Å². The second-order valence-corrected chi connectivity index (χ2v) is 25.7. The third-order valence-corrected chi connectivity index (χ3v) is 18.4. The standard InChI is InChI=1S/C23H20FN5O3.C23H20FN3O4.C22H22FN3O3.C18H15FN2O4/c1-31-20-8-4-14(11-17(20)24)3-6-18-21-19(29-28-18)7-5-16(22(21)32-2)23(30)27-13-15-12-25-9-10-26-15;1-29-20-10-6-14(12-17(20)24)5-8-18-21-19(27-26-18)9-7-16(22(21)30-2)23(28)25-13-15-4-3-11-31-15;1-28-19-10-6-13(11-16(19)23)5-8-17-20-18(26-25-17)9-7-15(21(20)29-2)22(27)24-12-14-3-4-14;1-24-15-8-4-10(9-12(15)19)3-6-13-16-14(21-20-13)7-5-11(18(22)23)17(16)25-2/h3-12H,13H2,1-2H3,(H,27,30)(H,28,29);3-12H,13H2,1-2H3,(H,25,28)(H,26,27);5-11,14H,3-4,12H2,1-2H3,(H,24,27)(H,25,26);3-9H,1-2H3,(H,20,21)(H,22,23)/b6-3+;2*8-5+;6-3+. The highest BCUT2D eigenvalue weighted by Gasteiger charge is 2.26. The first-order valence-electron chi connectivity index (χ1n) is 36.0. The molecule has 1 aliphatic rings. The van der Waals surface area contributed by atoms with Gasteiger partial charge in [-0.15, -0.1) is 0 Å². The average molecular weight is 1590 g/mol. The molecule has 117 heavy (non-hydrogen) atoms. The average Bonchev–Trinajstić information content (AvgIpc) is 1.69. The Morgan fingerprint density at radius 2 is 0.769 bits per heavy atom. The number of benzene rings is 8. The lowest BCUT2D eigenvalue weighted by Gasteiger charge is -2.10. The molecule has 0 aliphatic heterocycles. The molecular weight excluding hydrogens is 1520 g/mol. The zero-order valence-electron chi connectivity index (χ0n) is 64.2. The van der Waals surface area contributed by atoms with Gasteiger partial charge in [0.2, 0.25) is 0 Å². The van der Waals surface area contributed by atoms with Gasteiger partial charge in [0, 0.05) is 18.9 Å². The molecule has 0 spiro atoms. The van der Waals surface area contributed by atoms with E-state index in [0.29, 0.717) is 146 Å². The summed E-state index contributed by atoms with van der Waals surface area (Å²) in [6.07, 6.45) is 22.5. The van der Waals surface area contributed by atoms with Gasteiger partial charge in [-0.05, 0) is 175 Å². The zero-order valence-corrected chi connectivity index (χ0v) is 64.2. The summed E-state index contributed by atoms with van der Waals surface area (Å²) in [6.45, 7) is 1.17. The summed E-state index contributed by atoms with van der Waals surface area (Å²) in [5.41, 5.74) is 9.46. The predicted octanol–water partition coefficient (Wildman–Crippen LogP) is 15.6. The number of nitrogens with one attached hydrogen (secondary N) is 7. The Kier molecular flexibility index (Phi) is 26.4. The number of carboxylic acids is 1. The van der Waals surface area contributed by atoms with Crippen LogP contribution in [0.3, 0.4) is 0 Å². The van der Waals surface area contributed by atoms with E-state index in [4.69, 9.17) is 42.3 Å². The summed E-state index contributed by atoms with van der Waals surface area (Å²) >= 11 is 0. The molecule has 0 bridgehead atoms. The van der Waals surface area contributed by atoms with Crippen molar-refractivity contribution in [3.63, 3.8) is 0 Å².